The summed E-state index contributed by atoms with van der Waals surface area (Å²) in [6.45, 7) is 12.2. The first-order chi connectivity index (χ1) is 7.93. The summed E-state index contributed by atoms with van der Waals surface area (Å²) in [4.78, 5) is 4.16. The van der Waals surface area contributed by atoms with E-state index in [1.807, 2.05) is 6.92 Å². The van der Waals surface area contributed by atoms with Crippen LogP contribution in [0.5, 0.6) is 5.75 Å². The standard InChI is InChI=1S/C14H19NO.W/c1-9(2)7-12-11(4)14(16-6)10(3)8-13(12)15-5;/h8-9H,5H2,1-4,6H3;. The van der Waals surface area contributed by atoms with Gasteiger partial charge in [-0.05, 0) is 0 Å². The molecule has 0 unspecified atom stereocenters. The Labute approximate surface area is 115 Å². The van der Waals surface area contributed by atoms with Gasteiger partial charge < -0.3 is 0 Å². The fourth-order valence-electron chi connectivity index (χ4n) is 1.98. The molecule has 0 aliphatic heterocycles. The van der Waals surface area contributed by atoms with Crippen molar-refractivity contribution < 1.29 is 24.1 Å². The van der Waals surface area contributed by atoms with E-state index in [4.69, 9.17) is 4.74 Å². The first-order valence-electron chi connectivity index (χ1n) is 5.63. The molecule has 0 fully saturated rings. The van der Waals surface area contributed by atoms with Crippen molar-refractivity contribution in [2.75, 3.05) is 7.11 Å². The number of aryl methyl sites for hydroxylation is 1. The second-order valence-corrected chi connectivity index (χ2v) is 6.00. The molecule has 0 aromatic heterocycles. The van der Waals surface area contributed by atoms with Crippen molar-refractivity contribution in [1.82, 2.24) is 0 Å². The Morgan fingerprint density at radius 2 is 2.00 bits per heavy atom. The molecule has 0 atom stereocenters. The molecule has 3 heteroatoms. The van der Waals surface area contributed by atoms with Crippen LogP contribution in [-0.4, -0.2) is 17.7 Å². The molecule has 0 heterocycles. The van der Waals surface area contributed by atoms with Crippen molar-refractivity contribution in [2.45, 2.75) is 27.7 Å². The first-order valence-corrected chi connectivity index (χ1v) is 7.09. The molecule has 2 nitrogen and oxygen atoms in total. The fourth-order valence-corrected chi connectivity index (χ4v) is 2.91. The van der Waals surface area contributed by atoms with Crippen LogP contribution in [-0.2, 0) is 19.4 Å². The average Bonchev–Trinajstić information content (AvgIpc) is 2.27. The van der Waals surface area contributed by atoms with Gasteiger partial charge in [0, 0.05) is 0 Å². The van der Waals surface area contributed by atoms with E-state index in [-0.39, 0.29) is 0 Å². The van der Waals surface area contributed by atoms with E-state index in [1.54, 1.807) is 7.11 Å². The third kappa shape index (κ3) is 2.74. The van der Waals surface area contributed by atoms with Gasteiger partial charge in [-0.15, -0.1) is 0 Å². The molecule has 0 amide bonds. The van der Waals surface area contributed by atoms with Gasteiger partial charge in [-0.1, -0.05) is 0 Å². The van der Waals surface area contributed by atoms with E-state index in [2.05, 4.69) is 38.5 Å². The number of rotatable bonds is 4. The number of nitrogens with zero attached hydrogens (tertiary/aromatic N) is 1. The molecule has 0 saturated heterocycles. The summed E-state index contributed by atoms with van der Waals surface area (Å²) in [5.74, 6) is 1.49. The van der Waals surface area contributed by atoms with E-state index >= 15 is 0 Å². The zero-order valence-corrected chi connectivity index (χ0v) is 14.1. The summed E-state index contributed by atoms with van der Waals surface area (Å²) in [7, 11) is 1.72. The van der Waals surface area contributed by atoms with Gasteiger partial charge in [0.25, 0.3) is 0 Å². The van der Waals surface area contributed by atoms with Crippen LogP contribution in [0.4, 0.5) is 5.69 Å². The third-order valence-electron chi connectivity index (χ3n) is 2.83. The van der Waals surface area contributed by atoms with Crippen molar-refractivity contribution in [3.8, 4) is 5.75 Å². The number of methoxy groups -OCH3 is 1. The van der Waals surface area contributed by atoms with Gasteiger partial charge in [-0.3, -0.25) is 0 Å². The molecule has 0 aliphatic carbocycles. The van der Waals surface area contributed by atoms with Crippen LogP contribution in [0.15, 0.2) is 11.1 Å². The molecule has 1 aromatic rings. The van der Waals surface area contributed by atoms with E-state index in [9.17, 15) is 0 Å². The Kier molecular flexibility index (Phi) is 4.82. The minimum absolute atomic E-state index is 0.525. The van der Waals surface area contributed by atoms with Crippen LogP contribution < -0.4 is 4.74 Å². The summed E-state index contributed by atoms with van der Waals surface area (Å²) < 4.78 is 6.89. The second-order valence-electron chi connectivity index (χ2n) is 4.42. The van der Waals surface area contributed by atoms with Crippen molar-refractivity contribution in [3.05, 3.63) is 22.8 Å². The molecule has 0 saturated carbocycles. The summed E-state index contributed by atoms with van der Waals surface area (Å²) in [5.41, 5.74) is 4.48. The molecule has 0 bridgehead atoms. The van der Waals surface area contributed by atoms with Crippen molar-refractivity contribution in [3.63, 3.8) is 0 Å². The Hall–Kier alpha value is -0.752. The molecular weight excluding hydrogens is 382 g/mol. The van der Waals surface area contributed by atoms with Crippen LogP contribution in [0.25, 0.3) is 0 Å². The predicted molar refractivity (Wildman–Crippen MR) is 70.6 cm³/mol. The number of ether oxygens (including phenoxy) is 1. The summed E-state index contributed by atoms with van der Waals surface area (Å²) in [6.07, 6.45) is 0. The molecule has 1 rings (SSSR count). The monoisotopic (exact) mass is 401 g/mol. The van der Waals surface area contributed by atoms with Crippen LogP contribution in [0.1, 0.15) is 30.5 Å². The molecule has 0 aliphatic rings. The molecule has 0 N–H and O–H groups in total. The fraction of sp³-hybridized carbons (Fsp3) is 0.429. The number of hydrogen-bond acceptors (Lipinski definition) is 2. The maximum atomic E-state index is 5.48. The maximum absolute atomic E-state index is 5.48. The second kappa shape index (κ2) is 5.73. The van der Waals surface area contributed by atoms with Gasteiger partial charge in [0.15, 0.2) is 0 Å². The molecule has 0 spiro atoms. The van der Waals surface area contributed by atoms with Gasteiger partial charge in [0.2, 0.25) is 0 Å². The van der Waals surface area contributed by atoms with E-state index in [0.29, 0.717) is 5.92 Å². The van der Waals surface area contributed by atoms with Crippen LogP contribution in [0, 0.1) is 19.8 Å². The Morgan fingerprint density at radius 1 is 1.41 bits per heavy atom. The predicted octanol–water partition coefficient (Wildman–Crippen LogP) is 3.37. The summed E-state index contributed by atoms with van der Waals surface area (Å²) >= 11 is 1.48. The Bertz CT molecular complexity index is 464. The van der Waals surface area contributed by atoms with Gasteiger partial charge >= 0.3 is 115 Å². The number of benzene rings is 1. The summed E-state index contributed by atoms with van der Waals surface area (Å²) in [6, 6.07) is 2.06. The van der Waals surface area contributed by atoms with E-state index in [0.717, 1.165) is 17.0 Å². The minimum atomic E-state index is 0.525. The van der Waals surface area contributed by atoms with Gasteiger partial charge in [0.05, 0.1) is 0 Å². The number of aliphatic imine (C=N–C) groups is 1. The van der Waals surface area contributed by atoms with E-state index < -0.39 is 0 Å². The quantitative estimate of drug-likeness (QED) is 0.710. The van der Waals surface area contributed by atoms with Crippen molar-refractivity contribution in [1.29, 1.82) is 0 Å². The molecular formula is C14H19NOW. The van der Waals surface area contributed by atoms with Gasteiger partial charge in [0.1, 0.15) is 0 Å². The van der Waals surface area contributed by atoms with E-state index in [1.165, 1.54) is 34.4 Å². The molecule has 17 heavy (non-hydrogen) atoms. The van der Waals surface area contributed by atoms with Crippen molar-refractivity contribution >= 4 is 16.3 Å². The molecule has 92 valence electrons. The normalized spacial score (nSPS) is 10.5. The third-order valence-corrected chi connectivity index (χ3v) is 5.26. The van der Waals surface area contributed by atoms with Crippen LogP contribution in [0.2, 0.25) is 0 Å². The Morgan fingerprint density at radius 3 is 2.41 bits per heavy atom. The first kappa shape index (κ1) is 14.3. The van der Waals surface area contributed by atoms with Gasteiger partial charge in [-0.25, -0.2) is 0 Å². The zero-order valence-electron chi connectivity index (χ0n) is 11.1. The van der Waals surface area contributed by atoms with Crippen molar-refractivity contribution in [2.24, 2.45) is 10.9 Å². The Balaban J connectivity index is 3.56. The van der Waals surface area contributed by atoms with Gasteiger partial charge in [-0.2, -0.15) is 0 Å². The van der Waals surface area contributed by atoms with Crippen LogP contribution in [0.3, 0.4) is 0 Å². The number of hydrogen-bond donors (Lipinski definition) is 0. The SMILES string of the molecule is C=Nc1cc(C)c(OC)c(C)c1[C](=[W])C(C)C. The zero-order chi connectivity index (χ0) is 13.2. The molecule has 0 radical (unpaired) electrons. The summed E-state index contributed by atoms with van der Waals surface area (Å²) in [5, 5.41) is 0. The average molecular weight is 401 g/mol. The molecule has 1 aromatic carbocycles. The topological polar surface area (TPSA) is 21.6 Å². The van der Waals surface area contributed by atoms with Crippen LogP contribution >= 0.6 is 0 Å².